The highest BCUT2D eigenvalue weighted by Crippen LogP contribution is 2.45. The molecule has 0 fully saturated rings. The number of para-hydroxylation sites is 2. The third kappa shape index (κ3) is 6.41. The molecule has 0 bridgehead atoms. The zero-order valence-electron chi connectivity index (χ0n) is 19.7. The van der Waals surface area contributed by atoms with Crippen molar-refractivity contribution >= 4 is 45.4 Å². The van der Waals surface area contributed by atoms with Crippen molar-refractivity contribution in [1.29, 1.82) is 0 Å². The summed E-state index contributed by atoms with van der Waals surface area (Å²) in [6.45, 7) is 0. The minimum absolute atomic E-state index is 0.132. The molecule has 0 amide bonds. The van der Waals surface area contributed by atoms with Gasteiger partial charge in [0.25, 0.3) is 0 Å². The van der Waals surface area contributed by atoms with Gasteiger partial charge in [-0.3, -0.25) is 9.98 Å². The van der Waals surface area contributed by atoms with Crippen LogP contribution in [0.15, 0.2) is 105 Å². The predicted molar refractivity (Wildman–Crippen MR) is 148 cm³/mol. The van der Waals surface area contributed by atoms with Crippen molar-refractivity contribution in [3.05, 3.63) is 96.1 Å². The highest BCUT2D eigenvalue weighted by atomic mass is 33.1. The number of rotatable bonds is 9. The summed E-state index contributed by atoms with van der Waals surface area (Å²) in [4.78, 5) is 11.1. The summed E-state index contributed by atoms with van der Waals surface area (Å²) in [6, 6.07) is 25.6. The second kappa shape index (κ2) is 12.2. The zero-order valence-corrected chi connectivity index (χ0v) is 21.3. The highest BCUT2D eigenvalue weighted by Gasteiger charge is 2.08. The van der Waals surface area contributed by atoms with Crippen molar-refractivity contribution in [2.45, 2.75) is 9.79 Å². The Morgan fingerprint density at radius 3 is 1.44 bits per heavy atom. The first-order chi connectivity index (χ1) is 17.6. The van der Waals surface area contributed by atoms with Crippen LogP contribution in [-0.2, 0) is 0 Å². The number of methoxy groups -OCH3 is 2. The van der Waals surface area contributed by atoms with Crippen molar-refractivity contribution in [3.63, 3.8) is 0 Å². The van der Waals surface area contributed by atoms with E-state index in [-0.39, 0.29) is 11.5 Å². The van der Waals surface area contributed by atoms with Crippen molar-refractivity contribution < 1.29 is 19.7 Å². The van der Waals surface area contributed by atoms with E-state index in [1.807, 2.05) is 48.5 Å². The van der Waals surface area contributed by atoms with Gasteiger partial charge in [0.15, 0.2) is 0 Å². The molecule has 0 aromatic heterocycles. The number of phenols is 2. The fourth-order valence-electron chi connectivity index (χ4n) is 3.16. The van der Waals surface area contributed by atoms with Crippen molar-refractivity contribution in [1.82, 2.24) is 0 Å². The highest BCUT2D eigenvalue weighted by molar-refractivity contribution is 8.76. The fourth-order valence-corrected chi connectivity index (χ4v) is 5.41. The van der Waals surface area contributed by atoms with E-state index in [1.165, 1.54) is 0 Å². The molecular formula is C28H24N2O4S2. The van der Waals surface area contributed by atoms with Gasteiger partial charge in [-0.25, -0.2) is 0 Å². The lowest BCUT2D eigenvalue weighted by Gasteiger charge is -2.08. The van der Waals surface area contributed by atoms with E-state index in [0.717, 1.165) is 21.2 Å². The number of ether oxygens (including phenoxy) is 2. The molecule has 4 aromatic rings. The van der Waals surface area contributed by atoms with E-state index in [2.05, 4.69) is 9.98 Å². The van der Waals surface area contributed by atoms with Gasteiger partial charge in [0.05, 0.1) is 25.6 Å². The number of phenolic OH excluding ortho intramolecular Hbond substituents is 2. The van der Waals surface area contributed by atoms with Gasteiger partial charge in [0.1, 0.15) is 23.0 Å². The predicted octanol–water partition coefficient (Wildman–Crippen LogP) is 7.42. The van der Waals surface area contributed by atoms with Crippen molar-refractivity contribution in [3.8, 4) is 23.0 Å². The van der Waals surface area contributed by atoms with E-state index < -0.39 is 0 Å². The number of benzene rings is 4. The van der Waals surface area contributed by atoms with Gasteiger partial charge in [-0.1, -0.05) is 45.9 Å². The molecule has 0 saturated heterocycles. The first kappa shape index (κ1) is 25.2. The van der Waals surface area contributed by atoms with Gasteiger partial charge >= 0.3 is 0 Å². The molecule has 8 heteroatoms. The van der Waals surface area contributed by atoms with Crippen LogP contribution in [0.2, 0.25) is 0 Å². The quantitative estimate of drug-likeness (QED) is 0.178. The molecule has 0 radical (unpaired) electrons. The molecule has 0 unspecified atom stereocenters. The van der Waals surface area contributed by atoms with Crippen LogP contribution < -0.4 is 9.47 Å². The molecule has 0 aliphatic heterocycles. The van der Waals surface area contributed by atoms with E-state index in [4.69, 9.17) is 9.47 Å². The Balaban J connectivity index is 1.52. The number of nitrogens with zero attached hydrogens (tertiary/aromatic N) is 2. The van der Waals surface area contributed by atoms with Crippen LogP contribution in [0.25, 0.3) is 0 Å². The Morgan fingerprint density at radius 1 is 0.611 bits per heavy atom. The number of hydrogen-bond acceptors (Lipinski definition) is 8. The first-order valence-electron chi connectivity index (χ1n) is 10.9. The van der Waals surface area contributed by atoms with Crippen LogP contribution in [0.4, 0.5) is 11.4 Å². The molecule has 0 spiro atoms. The lowest BCUT2D eigenvalue weighted by molar-refractivity contribution is 0.412. The van der Waals surface area contributed by atoms with Gasteiger partial charge in [-0.05, 0) is 60.7 Å². The molecular weight excluding hydrogens is 492 g/mol. The minimum atomic E-state index is 0.132. The average Bonchev–Trinajstić information content (AvgIpc) is 2.92. The topological polar surface area (TPSA) is 83.6 Å². The minimum Gasteiger partial charge on any atom is -0.507 e. The molecule has 0 aliphatic carbocycles. The van der Waals surface area contributed by atoms with Crippen LogP contribution in [-0.4, -0.2) is 36.9 Å². The summed E-state index contributed by atoms with van der Waals surface area (Å²) >= 11 is 0. The van der Waals surface area contributed by atoms with Crippen LogP contribution in [0.1, 0.15) is 11.1 Å². The molecule has 4 aromatic carbocycles. The van der Waals surface area contributed by atoms with Gasteiger partial charge in [0.2, 0.25) is 0 Å². The van der Waals surface area contributed by atoms with Crippen LogP contribution in [0.3, 0.4) is 0 Å². The standard InChI is InChI=1S/C28H24N2O4S2/c1-33-21-11-13-25(31)19(15-21)17-29-23-7-3-5-9-27(23)35-36-28-10-6-4-8-24(28)30-18-20-16-22(34-2)12-14-26(20)32/h3-18,31-32H,1-2H3/b29-17+,30-18+. The Labute approximate surface area is 217 Å². The molecule has 4 rings (SSSR count). The smallest absolute Gasteiger partial charge is 0.124 e. The molecule has 0 aliphatic rings. The Morgan fingerprint density at radius 2 is 1.03 bits per heavy atom. The van der Waals surface area contributed by atoms with Gasteiger partial charge in [-0.15, -0.1) is 0 Å². The zero-order chi connectivity index (χ0) is 25.3. The third-order valence-corrected chi connectivity index (χ3v) is 7.57. The molecule has 2 N–H and O–H groups in total. The van der Waals surface area contributed by atoms with Gasteiger partial charge in [0, 0.05) is 33.3 Å². The number of aromatic hydroxyl groups is 2. The first-order valence-corrected chi connectivity index (χ1v) is 13.1. The Kier molecular flexibility index (Phi) is 8.54. The summed E-state index contributed by atoms with van der Waals surface area (Å²) in [5.74, 6) is 1.56. The largest absolute Gasteiger partial charge is 0.507 e. The van der Waals surface area contributed by atoms with E-state index in [1.54, 1.807) is 84.6 Å². The maximum absolute atomic E-state index is 10.1. The second-order valence-electron chi connectivity index (χ2n) is 7.47. The van der Waals surface area contributed by atoms with Crippen molar-refractivity contribution in [2.24, 2.45) is 9.98 Å². The number of aliphatic imine (C=N–C) groups is 2. The molecule has 0 heterocycles. The molecule has 0 saturated carbocycles. The normalized spacial score (nSPS) is 11.3. The van der Waals surface area contributed by atoms with Crippen molar-refractivity contribution in [2.75, 3.05) is 14.2 Å². The molecule has 0 atom stereocenters. The third-order valence-electron chi connectivity index (χ3n) is 5.11. The summed E-state index contributed by atoms with van der Waals surface area (Å²) in [7, 11) is 6.29. The summed E-state index contributed by atoms with van der Waals surface area (Å²) in [6.07, 6.45) is 3.25. The second-order valence-corrected chi connectivity index (χ2v) is 9.68. The molecule has 182 valence electrons. The summed E-state index contributed by atoms with van der Waals surface area (Å²) < 4.78 is 10.5. The van der Waals surface area contributed by atoms with E-state index >= 15 is 0 Å². The lowest BCUT2D eigenvalue weighted by Crippen LogP contribution is -1.87. The van der Waals surface area contributed by atoms with E-state index in [0.29, 0.717) is 22.6 Å². The monoisotopic (exact) mass is 516 g/mol. The molecule has 36 heavy (non-hydrogen) atoms. The van der Waals surface area contributed by atoms with Crippen LogP contribution in [0, 0.1) is 0 Å². The van der Waals surface area contributed by atoms with E-state index in [9.17, 15) is 10.2 Å². The maximum atomic E-state index is 10.1. The van der Waals surface area contributed by atoms with Gasteiger partial charge < -0.3 is 19.7 Å². The van der Waals surface area contributed by atoms with Crippen LogP contribution in [0.5, 0.6) is 23.0 Å². The SMILES string of the molecule is COc1ccc(O)c(/C=N/c2ccccc2SSc2ccccc2/N=C/c2cc(OC)ccc2O)c1. The fraction of sp³-hybridized carbons (Fsp3) is 0.0714. The summed E-state index contributed by atoms with van der Waals surface area (Å²) in [5.41, 5.74) is 2.70. The maximum Gasteiger partial charge on any atom is 0.124 e. The Bertz CT molecular complexity index is 1300. The average molecular weight is 517 g/mol. The molecule has 6 nitrogen and oxygen atoms in total. The summed E-state index contributed by atoms with van der Waals surface area (Å²) in [5, 5.41) is 20.3. The van der Waals surface area contributed by atoms with Crippen LogP contribution >= 0.6 is 21.6 Å². The Hall–Kier alpha value is -3.88. The number of hydrogen-bond donors (Lipinski definition) is 2. The lowest BCUT2D eigenvalue weighted by atomic mass is 10.2. The van der Waals surface area contributed by atoms with Gasteiger partial charge in [-0.2, -0.15) is 0 Å².